The van der Waals surface area contributed by atoms with Crippen molar-refractivity contribution < 1.29 is 14.6 Å². The van der Waals surface area contributed by atoms with Gasteiger partial charge < -0.3 is 14.7 Å². The molecule has 0 aliphatic carbocycles. The van der Waals surface area contributed by atoms with Crippen LogP contribution in [0.3, 0.4) is 0 Å². The second-order valence-electron chi connectivity index (χ2n) is 7.08. The molecule has 1 fully saturated rings. The fourth-order valence-electron chi connectivity index (χ4n) is 3.38. The molecule has 0 bridgehead atoms. The number of thiophene rings is 1. The van der Waals surface area contributed by atoms with E-state index in [0.29, 0.717) is 19.6 Å². The first kappa shape index (κ1) is 16.9. The molecule has 128 valence electrons. The van der Waals surface area contributed by atoms with E-state index in [2.05, 4.69) is 16.3 Å². The number of piperazine rings is 1. The van der Waals surface area contributed by atoms with Crippen LogP contribution in [-0.4, -0.2) is 65.7 Å². The average molecular weight is 338 g/mol. The molecule has 0 spiro atoms. The average Bonchev–Trinajstić information content (AvgIpc) is 2.96. The van der Waals surface area contributed by atoms with Crippen molar-refractivity contribution in [3.63, 3.8) is 0 Å². The maximum Gasteiger partial charge on any atom is 0.225 e. The largest absolute Gasteiger partial charge is 0.389 e. The molecule has 23 heavy (non-hydrogen) atoms. The molecule has 1 N–H and O–H groups in total. The molecule has 6 heteroatoms. The molecule has 0 unspecified atom stereocenters. The Kier molecular flexibility index (Phi) is 5.06. The van der Waals surface area contributed by atoms with Gasteiger partial charge in [0.15, 0.2) is 0 Å². The van der Waals surface area contributed by atoms with Gasteiger partial charge in [-0.3, -0.25) is 9.69 Å². The van der Waals surface area contributed by atoms with Gasteiger partial charge in [0.2, 0.25) is 5.91 Å². The lowest BCUT2D eigenvalue weighted by molar-refractivity contribution is -0.136. The highest BCUT2D eigenvalue weighted by atomic mass is 32.1. The molecule has 1 amide bonds. The highest BCUT2D eigenvalue weighted by molar-refractivity contribution is 7.10. The van der Waals surface area contributed by atoms with Crippen LogP contribution >= 0.6 is 11.3 Å². The predicted molar refractivity (Wildman–Crippen MR) is 90.7 cm³/mol. The number of amides is 1. The van der Waals surface area contributed by atoms with Gasteiger partial charge in [0.25, 0.3) is 0 Å². The topological polar surface area (TPSA) is 53.0 Å². The van der Waals surface area contributed by atoms with Crippen molar-refractivity contribution in [3.05, 3.63) is 21.9 Å². The molecule has 3 heterocycles. The normalized spacial score (nSPS) is 22.9. The summed E-state index contributed by atoms with van der Waals surface area (Å²) in [7, 11) is 0. The first-order valence-corrected chi connectivity index (χ1v) is 9.21. The summed E-state index contributed by atoms with van der Waals surface area (Å²) in [5.41, 5.74) is 0.521. The van der Waals surface area contributed by atoms with E-state index in [1.54, 1.807) is 11.3 Å². The lowest BCUT2D eigenvalue weighted by Gasteiger charge is -2.37. The third kappa shape index (κ3) is 4.32. The SMILES string of the molecule is CC(C)(O)CN1CCN(C(=O)C[C@H]2OCCc3sccc32)CC1. The third-order valence-electron chi connectivity index (χ3n) is 4.47. The lowest BCUT2D eigenvalue weighted by Crippen LogP contribution is -2.52. The second-order valence-corrected chi connectivity index (χ2v) is 8.08. The molecule has 1 aromatic heterocycles. The molecule has 0 radical (unpaired) electrons. The maximum absolute atomic E-state index is 12.6. The van der Waals surface area contributed by atoms with Crippen LogP contribution in [0.25, 0.3) is 0 Å². The quantitative estimate of drug-likeness (QED) is 0.907. The van der Waals surface area contributed by atoms with Crippen molar-refractivity contribution in [1.29, 1.82) is 0 Å². The molecule has 0 aromatic carbocycles. The molecule has 5 nitrogen and oxygen atoms in total. The Balaban J connectivity index is 1.51. The van der Waals surface area contributed by atoms with Gasteiger partial charge in [0, 0.05) is 44.0 Å². The van der Waals surface area contributed by atoms with Crippen molar-refractivity contribution >= 4 is 17.2 Å². The minimum Gasteiger partial charge on any atom is -0.389 e. The van der Waals surface area contributed by atoms with Crippen molar-refractivity contribution in [3.8, 4) is 0 Å². The fourth-order valence-corrected chi connectivity index (χ4v) is 4.30. The van der Waals surface area contributed by atoms with Gasteiger partial charge in [0.1, 0.15) is 0 Å². The van der Waals surface area contributed by atoms with E-state index in [1.807, 2.05) is 18.7 Å². The van der Waals surface area contributed by atoms with Gasteiger partial charge in [-0.25, -0.2) is 0 Å². The number of hydrogen-bond acceptors (Lipinski definition) is 5. The first-order valence-electron chi connectivity index (χ1n) is 8.33. The Bertz CT molecular complexity index is 544. The van der Waals surface area contributed by atoms with Gasteiger partial charge in [-0.2, -0.15) is 0 Å². The second kappa shape index (κ2) is 6.89. The standard InChI is InChI=1S/C17H26N2O3S/c1-17(2,21)12-18-5-7-19(8-6-18)16(20)11-14-13-4-10-23-15(13)3-9-22-14/h4,10,14,21H,3,5-9,11-12H2,1-2H3/t14-/m1/s1. The third-order valence-corrected chi connectivity index (χ3v) is 5.47. The summed E-state index contributed by atoms with van der Waals surface area (Å²) in [4.78, 5) is 18.1. The Morgan fingerprint density at radius 3 is 2.83 bits per heavy atom. The van der Waals surface area contributed by atoms with E-state index in [9.17, 15) is 9.90 Å². The summed E-state index contributed by atoms with van der Waals surface area (Å²) in [6.07, 6.45) is 1.33. The summed E-state index contributed by atoms with van der Waals surface area (Å²) in [6.45, 7) is 8.13. The molecule has 2 aliphatic heterocycles. The van der Waals surface area contributed by atoms with Crippen molar-refractivity contribution in [2.45, 2.75) is 38.4 Å². The Morgan fingerprint density at radius 1 is 1.39 bits per heavy atom. The minimum atomic E-state index is -0.683. The Morgan fingerprint density at radius 2 is 2.13 bits per heavy atom. The number of rotatable bonds is 4. The number of aliphatic hydroxyl groups is 1. The molecule has 0 saturated carbocycles. The number of carbonyl (C=O) groups excluding carboxylic acids is 1. The molecule has 1 saturated heterocycles. The van der Waals surface area contributed by atoms with Crippen LogP contribution in [0.5, 0.6) is 0 Å². The minimum absolute atomic E-state index is 0.0769. The van der Waals surface area contributed by atoms with Crippen molar-refractivity contribution in [2.24, 2.45) is 0 Å². The molecular formula is C17H26N2O3S. The molecule has 2 aliphatic rings. The number of ether oxygens (including phenoxy) is 1. The van der Waals surface area contributed by atoms with Crippen LogP contribution < -0.4 is 0 Å². The fraction of sp³-hybridized carbons (Fsp3) is 0.706. The zero-order valence-electron chi connectivity index (χ0n) is 14.0. The summed E-state index contributed by atoms with van der Waals surface area (Å²) < 4.78 is 5.83. The summed E-state index contributed by atoms with van der Waals surface area (Å²) in [5.74, 6) is 0.178. The number of fused-ring (bicyclic) bond motifs is 1. The van der Waals surface area contributed by atoms with E-state index in [0.717, 1.165) is 32.6 Å². The smallest absolute Gasteiger partial charge is 0.225 e. The summed E-state index contributed by atoms with van der Waals surface area (Å²) in [5, 5.41) is 12.0. The van der Waals surface area contributed by atoms with Crippen molar-refractivity contribution in [2.75, 3.05) is 39.3 Å². The van der Waals surface area contributed by atoms with Crippen LogP contribution in [0.4, 0.5) is 0 Å². The van der Waals surface area contributed by atoms with Crippen LogP contribution in [-0.2, 0) is 16.0 Å². The van der Waals surface area contributed by atoms with E-state index < -0.39 is 5.60 Å². The van der Waals surface area contributed by atoms with E-state index >= 15 is 0 Å². The highest BCUT2D eigenvalue weighted by Gasteiger charge is 2.29. The zero-order valence-corrected chi connectivity index (χ0v) is 14.8. The molecular weight excluding hydrogens is 312 g/mol. The first-order chi connectivity index (χ1) is 10.9. The van der Waals surface area contributed by atoms with Crippen LogP contribution in [0, 0.1) is 0 Å². The van der Waals surface area contributed by atoms with E-state index in [-0.39, 0.29) is 12.0 Å². The predicted octanol–water partition coefficient (Wildman–Crippen LogP) is 1.67. The number of carbonyl (C=O) groups is 1. The summed E-state index contributed by atoms with van der Waals surface area (Å²) in [6, 6.07) is 2.10. The number of β-amino-alcohol motifs (C(OH)–C–C–N with tert-alkyl or cyclic N) is 1. The maximum atomic E-state index is 12.6. The van der Waals surface area contributed by atoms with Gasteiger partial charge >= 0.3 is 0 Å². The number of hydrogen-bond donors (Lipinski definition) is 1. The highest BCUT2D eigenvalue weighted by Crippen LogP contribution is 2.33. The molecule has 1 aromatic rings. The van der Waals surface area contributed by atoms with Crippen LogP contribution in [0.1, 0.15) is 36.8 Å². The Hall–Kier alpha value is -0.950. The van der Waals surface area contributed by atoms with Gasteiger partial charge in [-0.05, 0) is 30.9 Å². The van der Waals surface area contributed by atoms with E-state index in [4.69, 9.17) is 4.74 Å². The lowest BCUT2D eigenvalue weighted by atomic mass is 10.0. The monoisotopic (exact) mass is 338 g/mol. The van der Waals surface area contributed by atoms with E-state index in [1.165, 1.54) is 10.4 Å². The molecule has 1 atom stereocenters. The van der Waals surface area contributed by atoms with Gasteiger partial charge in [-0.1, -0.05) is 0 Å². The zero-order chi connectivity index (χ0) is 16.4. The van der Waals surface area contributed by atoms with Gasteiger partial charge in [-0.15, -0.1) is 11.3 Å². The molecule has 3 rings (SSSR count). The van der Waals surface area contributed by atoms with Gasteiger partial charge in [0.05, 0.1) is 24.7 Å². The van der Waals surface area contributed by atoms with Crippen LogP contribution in [0.2, 0.25) is 0 Å². The Labute approximate surface area is 141 Å². The van der Waals surface area contributed by atoms with Crippen LogP contribution in [0.15, 0.2) is 11.4 Å². The number of nitrogens with zero attached hydrogens (tertiary/aromatic N) is 2. The summed E-state index contributed by atoms with van der Waals surface area (Å²) >= 11 is 1.76. The van der Waals surface area contributed by atoms with Crippen molar-refractivity contribution in [1.82, 2.24) is 9.80 Å².